The summed E-state index contributed by atoms with van der Waals surface area (Å²) in [5.41, 5.74) is 4.87. The van der Waals surface area contributed by atoms with Crippen molar-refractivity contribution in [1.82, 2.24) is 20.2 Å². The Bertz CT molecular complexity index is 1390. The van der Waals surface area contributed by atoms with Crippen LogP contribution in [0.25, 0.3) is 11.1 Å². The van der Waals surface area contributed by atoms with E-state index in [1.165, 1.54) is 4.90 Å². The molecule has 10 heteroatoms. The quantitative estimate of drug-likeness (QED) is 0.463. The third-order valence-corrected chi connectivity index (χ3v) is 7.12. The molecule has 0 radical (unpaired) electrons. The number of ether oxygens (including phenoxy) is 2. The van der Waals surface area contributed by atoms with Gasteiger partial charge in [-0.15, -0.1) is 0 Å². The topological polar surface area (TPSA) is 131 Å². The van der Waals surface area contributed by atoms with E-state index in [-0.39, 0.29) is 31.9 Å². The van der Waals surface area contributed by atoms with Crippen molar-refractivity contribution in [2.75, 3.05) is 6.61 Å². The molecular weight excluding hydrogens is 512 g/mol. The fourth-order valence-corrected chi connectivity index (χ4v) is 5.34. The van der Waals surface area contributed by atoms with Gasteiger partial charge in [0.05, 0.1) is 17.9 Å². The van der Waals surface area contributed by atoms with Crippen LogP contribution in [0.15, 0.2) is 60.9 Å². The third-order valence-electron chi connectivity index (χ3n) is 7.12. The van der Waals surface area contributed by atoms with Gasteiger partial charge in [0.15, 0.2) is 0 Å². The van der Waals surface area contributed by atoms with Gasteiger partial charge in [0.2, 0.25) is 0 Å². The highest BCUT2D eigenvalue weighted by molar-refractivity contribution is 5.81. The van der Waals surface area contributed by atoms with Crippen LogP contribution in [0.2, 0.25) is 0 Å². The van der Waals surface area contributed by atoms with Gasteiger partial charge in [-0.3, -0.25) is 14.9 Å². The number of fused-ring (bicyclic) bond motifs is 4. The first-order valence-corrected chi connectivity index (χ1v) is 13.2. The van der Waals surface area contributed by atoms with Crippen LogP contribution in [-0.2, 0) is 27.2 Å². The molecule has 0 bridgehead atoms. The first-order valence-electron chi connectivity index (χ1n) is 13.2. The first kappa shape index (κ1) is 27.1. The van der Waals surface area contributed by atoms with Crippen LogP contribution in [0.1, 0.15) is 55.6 Å². The molecule has 208 valence electrons. The van der Waals surface area contributed by atoms with Gasteiger partial charge < -0.3 is 19.9 Å². The Labute approximate surface area is 232 Å². The van der Waals surface area contributed by atoms with E-state index >= 15 is 0 Å². The Morgan fingerprint density at radius 2 is 1.60 bits per heavy atom. The third kappa shape index (κ3) is 5.75. The van der Waals surface area contributed by atoms with Crippen molar-refractivity contribution in [3.8, 4) is 11.1 Å². The molecule has 2 unspecified atom stereocenters. The van der Waals surface area contributed by atoms with Crippen molar-refractivity contribution >= 4 is 18.2 Å². The molecule has 3 aromatic rings. The molecule has 0 spiro atoms. The van der Waals surface area contributed by atoms with Crippen LogP contribution in [0, 0.1) is 0 Å². The normalized spacial score (nSPS) is 16.8. The molecule has 2 aromatic carbocycles. The predicted molar refractivity (Wildman–Crippen MR) is 146 cm³/mol. The zero-order valence-electron chi connectivity index (χ0n) is 22.7. The molecule has 2 atom stereocenters. The Morgan fingerprint density at radius 1 is 1.00 bits per heavy atom. The first-order chi connectivity index (χ1) is 19.1. The maximum Gasteiger partial charge on any atom is 0.410 e. The lowest BCUT2D eigenvalue weighted by Crippen LogP contribution is -2.52. The van der Waals surface area contributed by atoms with Crippen molar-refractivity contribution in [3.05, 3.63) is 83.4 Å². The molecule has 0 saturated carbocycles. The van der Waals surface area contributed by atoms with Crippen molar-refractivity contribution in [3.63, 3.8) is 0 Å². The molecular formula is C30H32N4O6. The number of rotatable bonds is 6. The molecule has 2 N–H and O–H groups in total. The zero-order chi connectivity index (χ0) is 28.4. The number of carbonyl (C=O) groups excluding carboxylic acids is 2. The van der Waals surface area contributed by atoms with Crippen molar-refractivity contribution < 1.29 is 29.0 Å². The van der Waals surface area contributed by atoms with Crippen molar-refractivity contribution in [2.24, 2.45) is 0 Å². The number of aliphatic carboxylic acids is 1. The van der Waals surface area contributed by atoms with Gasteiger partial charge in [0, 0.05) is 30.8 Å². The van der Waals surface area contributed by atoms with Crippen LogP contribution < -0.4 is 5.32 Å². The number of carboxylic acids is 1. The largest absolute Gasteiger partial charge is 0.480 e. The van der Waals surface area contributed by atoms with E-state index in [9.17, 15) is 19.5 Å². The van der Waals surface area contributed by atoms with Gasteiger partial charge in [0.1, 0.15) is 18.2 Å². The summed E-state index contributed by atoms with van der Waals surface area (Å²) >= 11 is 0. The maximum absolute atomic E-state index is 13.1. The summed E-state index contributed by atoms with van der Waals surface area (Å²) in [6, 6.07) is 14.0. The monoisotopic (exact) mass is 544 g/mol. The number of nitrogens with zero attached hydrogens (tertiary/aromatic N) is 3. The number of benzene rings is 2. The maximum atomic E-state index is 13.1. The van der Waals surface area contributed by atoms with Gasteiger partial charge in [-0.25, -0.2) is 14.4 Å². The molecule has 2 aliphatic rings. The van der Waals surface area contributed by atoms with E-state index in [2.05, 4.69) is 15.3 Å². The number of hydrogen-bond donors (Lipinski definition) is 2. The smallest absolute Gasteiger partial charge is 0.410 e. The molecule has 2 heterocycles. The van der Waals surface area contributed by atoms with Crippen LogP contribution in [0.3, 0.4) is 0 Å². The minimum absolute atomic E-state index is 0.0582. The summed E-state index contributed by atoms with van der Waals surface area (Å²) in [5, 5.41) is 12.5. The van der Waals surface area contributed by atoms with E-state index < -0.39 is 35.8 Å². The second-order valence-corrected chi connectivity index (χ2v) is 11.0. The highest BCUT2D eigenvalue weighted by Crippen LogP contribution is 2.44. The zero-order valence-corrected chi connectivity index (χ0v) is 22.7. The van der Waals surface area contributed by atoms with Gasteiger partial charge in [-0.1, -0.05) is 48.5 Å². The second-order valence-electron chi connectivity index (χ2n) is 11.0. The Hall–Kier alpha value is -4.47. The van der Waals surface area contributed by atoms with E-state index in [0.717, 1.165) is 22.3 Å². The lowest BCUT2D eigenvalue weighted by molar-refractivity contribution is -0.140. The number of nitrogens with one attached hydrogen (secondary N) is 1. The summed E-state index contributed by atoms with van der Waals surface area (Å²) in [7, 11) is 0. The number of carboxylic acid groups (broad SMARTS) is 1. The van der Waals surface area contributed by atoms with Gasteiger partial charge >= 0.3 is 18.2 Å². The summed E-state index contributed by atoms with van der Waals surface area (Å²) in [5.74, 6) is -1.39. The number of amides is 2. The van der Waals surface area contributed by atoms with Crippen LogP contribution in [-0.4, -0.2) is 62.4 Å². The summed E-state index contributed by atoms with van der Waals surface area (Å²) in [6.07, 6.45) is 1.90. The Morgan fingerprint density at radius 3 is 2.20 bits per heavy atom. The Kier molecular flexibility index (Phi) is 7.42. The van der Waals surface area contributed by atoms with E-state index in [1.807, 2.05) is 48.5 Å². The van der Waals surface area contributed by atoms with E-state index in [0.29, 0.717) is 11.4 Å². The summed E-state index contributed by atoms with van der Waals surface area (Å²) in [6.45, 7) is 5.46. The molecule has 0 saturated heterocycles. The SMILES string of the molecule is CC(C)(C)OC(=O)N1Cc2nccnc2CC1CC(NC(=O)OCC1c2ccccc2-c2ccccc21)C(=O)O. The molecule has 1 aromatic heterocycles. The molecule has 40 heavy (non-hydrogen) atoms. The number of carbonyl (C=O) groups is 3. The number of alkyl carbamates (subject to hydrolysis) is 1. The molecule has 0 fully saturated rings. The highest BCUT2D eigenvalue weighted by Gasteiger charge is 2.37. The van der Waals surface area contributed by atoms with Crippen LogP contribution in [0.4, 0.5) is 9.59 Å². The number of aromatic nitrogens is 2. The standard InChI is InChI=1S/C30H32N4O6/c1-30(2,3)40-29(38)34-16-26-24(31-12-13-32-26)14-18(34)15-25(27(35)36)33-28(37)39-17-23-21-10-6-4-8-19(21)20-9-5-7-11-22(20)23/h4-13,18,23,25H,14-17H2,1-3H3,(H,33,37)(H,35,36). The summed E-state index contributed by atoms with van der Waals surface area (Å²) in [4.78, 5) is 48.3. The molecule has 5 rings (SSSR count). The summed E-state index contributed by atoms with van der Waals surface area (Å²) < 4.78 is 11.1. The fraction of sp³-hybridized carbons (Fsp3) is 0.367. The van der Waals surface area contributed by atoms with Gasteiger partial charge in [0.25, 0.3) is 0 Å². The average molecular weight is 545 g/mol. The van der Waals surface area contributed by atoms with Crippen molar-refractivity contribution in [1.29, 1.82) is 0 Å². The van der Waals surface area contributed by atoms with Crippen LogP contribution in [0.5, 0.6) is 0 Å². The van der Waals surface area contributed by atoms with Gasteiger partial charge in [-0.2, -0.15) is 0 Å². The average Bonchev–Trinajstić information content (AvgIpc) is 3.23. The second kappa shape index (κ2) is 11.0. The molecule has 1 aliphatic carbocycles. The molecule has 1 aliphatic heterocycles. The molecule has 10 nitrogen and oxygen atoms in total. The van der Waals surface area contributed by atoms with Gasteiger partial charge in [-0.05, 0) is 49.4 Å². The Balaban J connectivity index is 1.28. The lowest BCUT2D eigenvalue weighted by atomic mass is 9.96. The van der Waals surface area contributed by atoms with E-state index in [4.69, 9.17) is 9.47 Å². The van der Waals surface area contributed by atoms with E-state index in [1.54, 1.807) is 33.2 Å². The van der Waals surface area contributed by atoms with Crippen molar-refractivity contribution in [2.45, 2.75) is 63.8 Å². The minimum Gasteiger partial charge on any atom is -0.480 e. The lowest BCUT2D eigenvalue weighted by Gasteiger charge is -2.37. The fourth-order valence-electron chi connectivity index (χ4n) is 5.34. The number of hydrogen-bond acceptors (Lipinski definition) is 7. The minimum atomic E-state index is -1.30. The highest BCUT2D eigenvalue weighted by atomic mass is 16.6. The molecule has 2 amide bonds. The van der Waals surface area contributed by atoms with Crippen LogP contribution >= 0.6 is 0 Å². The predicted octanol–water partition coefficient (Wildman–Crippen LogP) is 4.52.